The van der Waals surface area contributed by atoms with E-state index in [-0.39, 0.29) is 90.7 Å². The summed E-state index contributed by atoms with van der Waals surface area (Å²) >= 11 is 0. The van der Waals surface area contributed by atoms with E-state index in [9.17, 15) is 24.0 Å². The fourth-order valence-electron chi connectivity index (χ4n) is 3.29. The first-order chi connectivity index (χ1) is 21.5. The van der Waals surface area contributed by atoms with Crippen LogP contribution in [0.2, 0.25) is 0 Å². The van der Waals surface area contributed by atoms with Gasteiger partial charge in [0, 0.05) is 19.5 Å². The minimum Gasteiger partial charge on any atom is -0.467 e. The van der Waals surface area contributed by atoms with Gasteiger partial charge in [-0.25, -0.2) is 14.4 Å². The molecule has 0 fully saturated rings. The highest BCUT2D eigenvalue weighted by atomic mass is 16.6. The Morgan fingerprint density at radius 1 is 0.756 bits per heavy atom. The van der Waals surface area contributed by atoms with Gasteiger partial charge in [0.1, 0.15) is 31.5 Å². The molecule has 254 valence electrons. The van der Waals surface area contributed by atoms with Crippen LogP contribution in [0.15, 0.2) is 30.3 Å². The SMILES string of the molecule is COC(=O)COCCOCCNC(=O)COCCOCCNC(=O)CC[C@@H](NC(=O)OCc1ccccc1)C(=O)OC(C)(C)C. The average molecular weight is 642 g/mol. The van der Waals surface area contributed by atoms with Gasteiger partial charge in [-0.15, -0.1) is 0 Å². The predicted molar refractivity (Wildman–Crippen MR) is 160 cm³/mol. The van der Waals surface area contributed by atoms with Crippen molar-refractivity contribution in [3.8, 4) is 0 Å². The Morgan fingerprint density at radius 3 is 1.93 bits per heavy atom. The Bertz CT molecular complexity index is 1020. The van der Waals surface area contributed by atoms with E-state index in [1.54, 1.807) is 32.9 Å². The molecule has 0 aliphatic carbocycles. The minimum atomic E-state index is -1.07. The van der Waals surface area contributed by atoms with Gasteiger partial charge in [0.05, 0.1) is 46.8 Å². The largest absolute Gasteiger partial charge is 0.467 e. The van der Waals surface area contributed by atoms with Gasteiger partial charge in [-0.3, -0.25) is 9.59 Å². The molecule has 0 saturated carbocycles. The van der Waals surface area contributed by atoms with Crippen LogP contribution in [0.3, 0.4) is 0 Å². The smallest absolute Gasteiger partial charge is 0.408 e. The summed E-state index contributed by atoms with van der Waals surface area (Å²) < 4.78 is 35.9. The third kappa shape index (κ3) is 22.4. The summed E-state index contributed by atoms with van der Waals surface area (Å²) in [7, 11) is 1.27. The van der Waals surface area contributed by atoms with Crippen molar-refractivity contribution in [2.45, 2.75) is 51.9 Å². The summed E-state index contributed by atoms with van der Waals surface area (Å²) in [5, 5.41) is 7.81. The average Bonchev–Trinajstić information content (AvgIpc) is 3.00. The lowest BCUT2D eigenvalue weighted by atomic mass is 10.1. The number of amides is 3. The van der Waals surface area contributed by atoms with Crippen LogP contribution < -0.4 is 16.0 Å². The molecule has 45 heavy (non-hydrogen) atoms. The molecule has 0 aliphatic heterocycles. The number of carbonyl (C=O) groups excluding carboxylic acids is 5. The van der Waals surface area contributed by atoms with Crippen LogP contribution in [0.4, 0.5) is 4.79 Å². The lowest BCUT2D eigenvalue weighted by Gasteiger charge is -2.24. The summed E-state index contributed by atoms with van der Waals surface area (Å²) in [6, 6.07) is 8.01. The first-order valence-electron chi connectivity index (χ1n) is 14.6. The van der Waals surface area contributed by atoms with Crippen molar-refractivity contribution in [2.24, 2.45) is 0 Å². The van der Waals surface area contributed by atoms with Crippen molar-refractivity contribution in [1.82, 2.24) is 16.0 Å². The molecular formula is C30H47N3O12. The zero-order chi connectivity index (χ0) is 33.3. The molecule has 0 bridgehead atoms. The summed E-state index contributed by atoms with van der Waals surface area (Å²) in [5.74, 6) is -1.78. The number of carbonyl (C=O) groups is 5. The highest BCUT2D eigenvalue weighted by Crippen LogP contribution is 2.11. The molecule has 15 heteroatoms. The normalized spacial score (nSPS) is 11.6. The second-order valence-electron chi connectivity index (χ2n) is 10.4. The Labute approximate surface area is 263 Å². The number of ether oxygens (including phenoxy) is 7. The Kier molecular flexibility index (Phi) is 20.6. The zero-order valence-electron chi connectivity index (χ0n) is 26.6. The number of methoxy groups -OCH3 is 1. The molecule has 1 atom stereocenters. The molecule has 0 aromatic heterocycles. The lowest BCUT2D eigenvalue weighted by molar-refractivity contribution is -0.157. The molecule has 1 aromatic carbocycles. The molecule has 0 aliphatic rings. The van der Waals surface area contributed by atoms with Crippen molar-refractivity contribution in [2.75, 3.05) is 73.1 Å². The molecule has 3 amide bonds. The number of alkyl carbamates (subject to hydrolysis) is 1. The van der Waals surface area contributed by atoms with E-state index >= 15 is 0 Å². The van der Waals surface area contributed by atoms with Gasteiger partial charge in [0.25, 0.3) is 0 Å². The van der Waals surface area contributed by atoms with Crippen LogP contribution in [-0.4, -0.2) is 115 Å². The highest BCUT2D eigenvalue weighted by Gasteiger charge is 2.27. The molecule has 1 rings (SSSR count). The predicted octanol–water partition coefficient (Wildman–Crippen LogP) is 0.875. The van der Waals surface area contributed by atoms with Crippen LogP contribution in [-0.2, 0) is 58.9 Å². The molecule has 1 aromatic rings. The van der Waals surface area contributed by atoms with Gasteiger partial charge >= 0.3 is 18.0 Å². The Balaban J connectivity index is 2.15. The van der Waals surface area contributed by atoms with E-state index in [0.29, 0.717) is 6.54 Å². The highest BCUT2D eigenvalue weighted by molar-refractivity contribution is 5.83. The molecule has 0 saturated heterocycles. The molecule has 0 radical (unpaired) electrons. The summed E-state index contributed by atoms with van der Waals surface area (Å²) in [6.07, 6.45) is -0.835. The van der Waals surface area contributed by atoms with Gasteiger partial charge < -0.3 is 49.1 Å². The van der Waals surface area contributed by atoms with E-state index in [0.717, 1.165) is 5.56 Å². The van der Waals surface area contributed by atoms with Crippen LogP contribution >= 0.6 is 0 Å². The van der Waals surface area contributed by atoms with Crippen LogP contribution in [0, 0.1) is 0 Å². The van der Waals surface area contributed by atoms with Gasteiger partial charge in [-0.2, -0.15) is 0 Å². The number of esters is 2. The molecule has 0 spiro atoms. The molecule has 15 nitrogen and oxygen atoms in total. The maximum Gasteiger partial charge on any atom is 0.408 e. The van der Waals surface area contributed by atoms with Crippen molar-refractivity contribution in [3.63, 3.8) is 0 Å². The quantitative estimate of drug-likeness (QED) is 0.0871. The fourth-order valence-corrected chi connectivity index (χ4v) is 3.29. The van der Waals surface area contributed by atoms with Crippen molar-refractivity contribution in [1.29, 1.82) is 0 Å². The molecular weight excluding hydrogens is 594 g/mol. The van der Waals surface area contributed by atoms with E-state index in [2.05, 4.69) is 20.7 Å². The summed E-state index contributed by atoms with van der Waals surface area (Å²) in [4.78, 5) is 59.9. The zero-order valence-corrected chi connectivity index (χ0v) is 26.6. The first-order valence-corrected chi connectivity index (χ1v) is 14.6. The van der Waals surface area contributed by atoms with Crippen molar-refractivity contribution in [3.05, 3.63) is 35.9 Å². The number of nitrogens with one attached hydrogen (secondary N) is 3. The van der Waals surface area contributed by atoms with Gasteiger partial charge in [-0.05, 0) is 32.8 Å². The van der Waals surface area contributed by atoms with E-state index in [1.165, 1.54) is 7.11 Å². The van der Waals surface area contributed by atoms with Gasteiger partial charge in [-0.1, -0.05) is 30.3 Å². The number of rotatable bonds is 23. The third-order valence-corrected chi connectivity index (χ3v) is 5.42. The van der Waals surface area contributed by atoms with Gasteiger partial charge in [0.2, 0.25) is 11.8 Å². The van der Waals surface area contributed by atoms with Crippen LogP contribution in [0.1, 0.15) is 39.2 Å². The maximum absolute atomic E-state index is 12.6. The van der Waals surface area contributed by atoms with E-state index in [4.69, 9.17) is 28.4 Å². The minimum absolute atomic E-state index is 0.00946. The fraction of sp³-hybridized carbons (Fsp3) is 0.633. The standard InChI is InChI=1S/C30H47N3O12/c1-30(2,3)45-28(37)24(33-29(38)44-20-23-8-6-5-7-9-23)10-11-25(34)31-12-14-40-16-18-42-21-26(35)32-13-15-41-17-19-43-22-27(36)39-4/h5-9,24H,10-22H2,1-4H3,(H,31,34)(H,32,35)(H,33,38)/t24-/m1/s1. The van der Waals surface area contributed by atoms with E-state index in [1.807, 2.05) is 18.2 Å². The topological polar surface area (TPSA) is 186 Å². The van der Waals surface area contributed by atoms with Crippen molar-refractivity contribution >= 4 is 29.8 Å². The third-order valence-electron chi connectivity index (χ3n) is 5.42. The second kappa shape index (κ2) is 23.6. The monoisotopic (exact) mass is 641 g/mol. The molecule has 0 unspecified atom stereocenters. The Hall–Kier alpha value is -3.79. The maximum atomic E-state index is 12.6. The second-order valence-corrected chi connectivity index (χ2v) is 10.4. The first kappa shape index (κ1) is 39.2. The van der Waals surface area contributed by atoms with Crippen LogP contribution in [0.5, 0.6) is 0 Å². The number of hydrogen-bond donors (Lipinski definition) is 3. The molecule has 0 heterocycles. The number of hydrogen-bond acceptors (Lipinski definition) is 12. The van der Waals surface area contributed by atoms with Crippen LogP contribution in [0.25, 0.3) is 0 Å². The van der Waals surface area contributed by atoms with E-state index < -0.39 is 29.7 Å². The number of benzene rings is 1. The van der Waals surface area contributed by atoms with Crippen molar-refractivity contribution < 1.29 is 57.1 Å². The Morgan fingerprint density at radius 2 is 1.33 bits per heavy atom. The molecule has 3 N–H and O–H groups in total. The van der Waals surface area contributed by atoms with Gasteiger partial charge in [0.15, 0.2) is 0 Å². The lowest BCUT2D eigenvalue weighted by Crippen LogP contribution is -2.45. The summed E-state index contributed by atoms with van der Waals surface area (Å²) in [6.45, 7) is 6.77. The summed E-state index contributed by atoms with van der Waals surface area (Å²) in [5.41, 5.74) is 0.00873.